The summed E-state index contributed by atoms with van der Waals surface area (Å²) >= 11 is 0. The number of rotatable bonds is 5. The monoisotopic (exact) mass is 283 g/mol. The second-order valence-electron chi connectivity index (χ2n) is 5.14. The van der Waals surface area contributed by atoms with Gasteiger partial charge in [-0.25, -0.2) is 8.42 Å². The summed E-state index contributed by atoms with van der Waals surface area (Å²) in [6.07, 6.45) is 3.86. The molecule has 0 saturated heterocycles. The Morgan fingerprint density at radius 2 is 1.95 bits per heavy atom. The quantitative estimate of drug-likeness (QED) is 0.897. The molecule has 1 aromatic carbocycles. The Morgan fingerprint density at radius 3 is 2.47 bits per heavy atom. The first kappa shape index (κ1) is 14.3. The molecule has 1 fully saturated rings. The van der Waals surface area contributed by atoms with Gasteiger partial charge in [0, 0.05) is 6.04 Å². The topological polar surface area (TPSA) is 69.4 Å². The molecule has 0 aliphatic heterocycles. The summed E-state index contributed by atoms with van der Waals surface area (Å²) in [5.74, 6) is 1.20. The van der Waals surface area contributed by atoms with E-state index < -0.39 is 9.84 Å². The van der Waals surface area contributed by atoms with E-state index in [0.717, 1.165) is 19.3 Å². The van der Waals surface area contributed by atoms with Crippen molar-refractivity contribution in [2.75, 3.05) is 12.9 Å². The highest BCUT2D eigenvalue weighted by molar-refractivity contribution is 7.91. The van der Waals surface area contributed by atoms with Crippen LogP contribution in [0.3, 0.4) is 0 Å². The van der Waals surface area contributed by atoms with Crippen LogP contribution in [0.2, 0.25) is 0 Å². The summed E-state index contributed by atoms with van der Waals surface area (Å²) in [7, 11) is -1.65. The van der Waals surface area contributed by atoms with Crippen molar-refractivity contribution in [3.8, 4) is 5.75 Å². The summed E-state index contributed by atoms with van der Waals surface area (Å²) in [4.78, 5) is 0.361. The predicted octanol–water partition coefficient (Wildman–Crippen LogP) is 1.99. The Morgan fingerprint density at radius 1 is 1.26 bits per heavy atom. The highest BCUT2D eigenvalue weighted by atomic mass is 32.2. The van der Waals surface area contributed by atoms with Crippen molar-refractivity contribution in [3.63, 3.8) is 0 Å². The van der Waals surface area contributed by atoms with E-state index in [1.807, 2.05) is 0 Å². The minimum absolute atomic E-state index is 0.172. The first-order chi connectivity index (χ1) is 9.03. The molecular formula is C14H21NO3S. The molecule has 19 heavy (non-hydrogen) atoms. The molecule has 0 bridgehead atoms. The van der Waals surface area contributed by atoms with Gasteiger partial charge in [-0.2, -0.15) is 0 Å². The van der Waals surface area contributed by atoms with Crippen LogP contribution in [0.5, 0.6) is 5.75 Å². The SMILES string of the molecule is COc1ccc(S(=O)(=O)CCC2CCCC2N)cc1. The van der Waals surface area contributed by atoms with Gasteiger partial charge in [0.15, 0.2) is 9.84 Å². The summed E-state index contributed by atoms with van der Waals surface area (Å²) < 4.78 is 29.5. The van der Waals surface area contributed by atoms with Crippen LogP contribution in [0.4, 0.5) is 0 Å². The lowest BCUT2D eigenvalue weighted by Crippen LogP contribution is -2.26. The van der Waals surface area contributed by atoms with Gasteiger partial charge in [0.05, 0.1) is 17.8 Å². The Labute approximate surface area is 114 Å². The zero-order valence-electron chi connectivity index (χ0n) is 11.2. The molecule has 0 spiro atoms. The van der Waals surface area contributed by atoms with E-state index in [1.54, 1.807) is 31.4 Å². The largest absolute Gasteiger partial charge is 0.497 e. The van der Waals surface area contributed by atoms with Crippen molar-refractivity contribution in [2.24, 2.45) is 11.7 Å². The summed E-state index contributed by atoms with van der Waals surface area (Å²) in [5.41, 5.74) is 5.97. The minimum Gasteiger partial charge on any atom is -0.497 e. The smallest absolute Gasteiger partial charge is 0.178 e. The van der Waals surface area contributed by atoms with Crippen LogP contribution < -0.4 is 10.5 Å². The van der Waals surface area contributed by atoms with E-state index in [0.29, 0.717) is 23.0 Å². The molecule has 106 valence electrons. The van der Waals surface area contributed by atoms with Crippen LogP contribution >= 0.6 is 0 Å². The summed E-state index contributed by atoms with van der Waals surface area (Å²) in [5, 5.41) is 0. The molecule has 1 aromatic rings. The fourth-order valence-electron chi connectivity index (χ4n) is 2.63. The van der Waals surface area contributed by atoms with Crippen molar-refractivity contribution in [3.05, 3.63) is 24.3 Å². The highest BCUT2D eigenvalue weighted by Gasteiger charge is 2.26. The minimum atomic E-state index is -3.21. The molecular weight excluding hydrogens is 262 g/mol. The Balaban J connectivity index is 2.01. The third-order valence-electron chi connectivity index (χ3n) is 3.89. The van der Waals surface area contributed by atoms with Crippen LogP contribution in [-0.4, -0.2) is 27.3 Å². The summed E-state index contributed by atoms with van der Waals surface area (Å²) in [6, 6.07) is 6.72. The van der Waals surface area contributed by atoms with Gasteiger partial charge in [-0.1, -0.05) is 6.42 Å². The zero-order chi connectivity index (χ0) is 13.9. The van der Waals surface area contributed by atoms with E-state index in [4.69, 9.17) is 10.5 Å². The van der Waals surface area contributed by atoms with E-state index in [2.05, 4.69) is 0 Å². The molecule has 1 aliphatic carbocycles. The molecule has 1 saturated carbocycles. The van der Waals surface area contributed by atoms with Crippen molar-refractivity contribution in [1.82, 2.24) is 0 Å². The molecule has 0 heterocycles. The third-order valence-corrected chi connectivity index (χ3v) is 5.66. The standard InChI is InChI=1S/C14H21NO3S/c1-18-12-5-7-13(8-6-12)19(16,17)10-9-11-3-2-4-14(11)15/h5-8,11,14H,2-4,9-10,15H2,1H3. The Hall–Kier alpha value is -1.07. The van der Waals surface area contributed by atoms with Gasteiger partial charge in [-0.15, -0.1) is 0 Å². The number of hydrogen-bond donors (Lipinski definition) is 1. The maximum absolute atomic E-state index is 12.2. The van der Waals surface area contributed by atoms with Crippen molar-refractivity contribution >= 4 is 9.84 Å². The van der Waals surface area contributed by atoms with Crippen molar-refractivity contribution < 1.29 is 13.2 Å². The second kappa shape index (κ2) is 5.92. The van der Waals surface area contributed by atoms with Gasteiger partial charge in [0.2, 0.25) is 0 Å². The molecule has 2 unspecified atom stereocenters. The number of methoxy groups -OCH3 is 1. The first-order valence-corrected chi connectivity index (χ1v) is 8.30. The van der Waals surface area contributed by atoms with Crippen LogP contribution in [0.25, 0.3) is 0 Å². The molecule has 2 N–H and O–H groups in total. The predicted molar refractivity (Wildman–Crippen MR) is 75.0 cm³/mol. The van der Waals surface area contributed by atoms with E-state index in [-0.39, 0.29) is 11.8 Å². The van der Waals surface area contributed by atoms with E-state index >= 15 is 0 Å². The highest BCUT2D eigenvalue weighted by Crippen LogP contribution is 2.28. The molecule has 2 atom stereocenters. The molecule has 1 aliphatic rings. The lowest BCUT2D eigenvalue weighted by molar-refractivity contribution is 0.414. The number of nitrogens with two attached hydrogens (primary N) is 1. The van der Waals surface area contributed by atoms with Gasteiger partial charge >= 0.3 is 0 Å². The fraction of sp³-hybridized carbons (Fsp3) is 0.571. The van der Waals surface area contributed by atoms with Crippen LogP contribution in [0.1, 0.15) is 25.7 Å². The van der Waals surface area contributed by atoms with Crippen LogP contribution in [0.15, 0.2) is 29.2 Å². The van der Waals surface area contributed by atoms with Crippen molar-refractivity contribution in [2.45, 2.75) is 36.6 Å². The molecule has 5 heteroatoms. The second-order valence-corrected chi connectivity index (χ2v) is 7.25. The number of sulfone groups is 1. The van der Waals surface area contributed by atoms with Crippen LogP contribution in [-0.2, 0) is 9.84 Å². The third kappa shape index (κ3) is 3.48. The lowest BCUT2D eigenvalue weighted by Gasteiger charge is -2.15. The van der Waals surface area contributed by atoms with Gasteiger partial charge in [-0.3, -0.25) is 0 Å². The summed E-state index contributed by atoms with van der Waals surface area (Å²) in [6.45, 7) is 0. The van der Waals surface area contributed by atoms with Gasteiger partial charge in [0.25, 0.3) is 0 Å². The van der Waals surface area contributed by atoms with E-state index in [9.17, 15) is 8.42 Å². The van der Waals surface area contributed by atoms with Crippen molar-refractivity contribution in [1.29, 1.82) is 0 Å². The maximum atomic E-state index is 12.2. The Bertz CT molecular complexity index is 510. The average Bonchev–Trinajstić information content (AvgIpc) is 2.82. The van der Waals surface area contributed by atoms with Gasteiger partial charge in [-0.05, 0) is 49.4 Å². The number of benzene rings is 1. The zero-order valence-corrected chi connectivity index (χ0v) is 12.0. The molecule has 0 radical (unpaired) electrons. The first-order valence-electron chi connectivity index (χ1n) is 6.65. The molecule has 0 aromatic heterocycles. The number of hydrogen-bond acceptors (Lipinski definition) is 4. The normalized spacial score (nSPS) is 23.5. The molecule has 4 nitrogen and oxygen atoms in total. The van der Waals surface area contributed by atoms with Crippen LogP contribution in [0, 0.1) is 5.92 Å². The fourth-order valence-corrected chi connectivity index (χ4v) is 4.03. The van der Waals surface area contributed by atoms with Gasteiger partial charge in [0.1, 0.15) is 5.75 Å². The molecule has 2 rings (SSSR count). The lowest BCUT2D eigenvalue weighted by atomic mass is 10.0. The Kier molecular flexibility index (Phi) is 4.47. The average molecular weight is 283 g/mol. The molecule has 0 amide bonds. The number of ether oxygens (including phenoxy) is 1. The van der Waals surface area contributed by atoms with Gasteiger partial charge < -0.3 is 10.5 Å². The maximum Gasteiger partial charge on any atom is 0.178 e. The van der Waals surface area contributed by atoms with E-state index in [1.165, 1.54) is 0 Å².